The molecule has 1 aromatic rings. The summed E-state index contributed by atoms with van der Waals surface area (Å²) in [4.78, 5) is 12.7. The van der Waals surface area contributed by atoms with Crippen LogP contribution in [-0.4, -0.2) is 11.8 Å². The SMILES string of the molecule is CCC(=O)c1sc(NC(C)C(C)C)c(C2CC2)c1N. The van der Waals surface area contributed by atoms with Gasteiger partial charge in [0.2, 0.25) is 0 Å². The topological polar surface area (TPSA) is 55.1 Å². The Balaban J connectivity index is 2.33. The molecule has 0 spiro atoms. The first-order valence-corrected chi connectivity index (χ1v) is 7.99. The van der Waals surface area contributed by atoms with Gasteiger partial charge >= 0.3 is 0 Å². The van der Waals surface area contributed by atoms with Gasteiger partial charge in [0.1, 0.15) is 0 Å². The van der Waals surface area contributed by atoms with Gasteiger partial charge in [-0.3, -0.25) is 4.79 Å². The van der Waals surface area contributed by atoms with Gasteiger partial charge in [-0.1, -0.05) is 20.8 Å². The van der Waals surface area contributed by atoms with Gasteiger partial charge in [0.25, 0.3) is 0 Å². The van der Waals surface area contributed by atoms with Crippen molar-refractivity contribution in [3.63, 3.8) is 0 Å². The predicted octanol–water partition coefficient (Wildman–Crippen LogP) is 4.26. The Hall–Kier alpha value is -1.03. The Labute approximate surface area is 119 Å². The highest BCUT2D eigenvalue weighted by Gasteiger charge is 2.33. The van der Waals surface area contributed by atoms with E-state index in [1.165, 1.54) is 18.4 Å². The third-order valence-corrected chi connectivity index (χ3v) is 5.10. The number of nitrogens with two attached hydrogens (primary N) is 1. The second kappa shape index (κ2) is 5.53. The molecule has 0 aromatic carbocycles. The van der Waals surface area contributed by atoms with Crippen LogP contribution in [0.1, 0.15) is 68.1 Å². The van der Waals surface area contributed by atoms with Crippen LogP contribution in [0.2, 0.25) is 0 Å². The van der Waals surface area contributed by atoms with Crippen LogP contribution in [0.25, 0.3) is 0 Å². The van der Waals surface area contributed by atoms with Crippen LogP contribution in [0.15, 0.2) is 0 Å². The first kappa shape index (κ1) is 14.4. The van der Waals surface area contributed by atoms with Crippen LogP contribution in [0.4, 0.5) is 10.7 Å². The minimum atomic E-state index is 0.162. The number of rotatable bonds is 6. The lowest BCUT2D eigenvalue weighted by atomic mass is 10.1. The molecule has 1 unspecified atom stereocenters. The van der Waals surface area contributed by atoms with Crippen LogP contribution in [0, 0.1) is 5.92 Å². The average molecular weight is 280 g/mol. The molecule has 1 heterocycles. The fraction of sp³-hybridized carbons (Fsp3) is 0.667. The van der Waals surface area contributed by atoms with Crippen molar-refractivity contribution in [1.29, 1.82) is 0 Å². The van der Waals surface area contributed by atoms with Crippen molar-refractivity contribution in [3.05, 3.63) is 10.4 Å². The number of ketones is 1. The summed E-state index contributed by atoms with van der Waals surface area (Å²) in [6.07, 6.45) is 2.92. The van der Waals surface area contributed by atoms with Crippen LogP contribution < -0.4 is 11.1 Å². The third-order valence-electron chi connectivity index (χ3n) is 3.90. The van der Waals surface area contributed by atoms with Crippen LogP contribution in [0.5, 0.6) is 0 Å². The van der Waals surface area contributed by atoms with Crippen LogP contribution in [-0.2, 0) is 0 Å². The molecule has 2 rings (SSSR count). The standard InChI is InChI=1S/C15H24N2OS/c1-5-11(18)14-13(16)12(10-6-7-10)15(19-14)17-9(4)8(2)3/h8-10,17H,5-7,16H2,1-4H3. The lowest BCUT2D eigenvalue weighted by Gasteiger charge is -2.18. The second-order valence-electron chi connectivity index (χ2n) is 5.82. The van der Waals surface area contributed by atoms with Gasteiger partial charge < -0.3 is 11.1 Å². The second-order valence-corrected chi connectivity index (χ2v) is 6.84. The number of Topliss-reactive ketones (excluding diaryl/α,β-unsaturated/α-hetero) is 1. The van der Waals surface area contributed by atoms with Gasteiger partial charge in [-0.2, -0.15) is 0 Å². The Bertz CT molecular complexity index is 475. The van der Waals surface area contributed by atoms with E-state index < -0.39 is 0 Å². The molecule has 1 aromatic heterocycles. The van der Waals surface area contributed by atoms with Gasteiger partial charge in [-0.05, 0) is 31.6 Å². The summed E-state index contributed by atoms with van der Waals surface area (Å²) in [5, 5.41) is 4.68. The number of nitrogen functional groups attached to an aromatic ring is 1. The fourth-order valence-electron chi connectivity index (χ4n) is 2.08. The summed E-state index contributed by atoms with van der Waals surface area (Å²) in [7, 11) is 0. The molecular formula is C15H24N2OS. The molecular weight excluding hydrogens is 256 g/mol. The largest absolute Gasteiger partial charge is 0.397 e. The molecule has 19 heavy (non-hydrogen) atoms. The zero-order valence-electron chi connectivity index (χ0n) is 12.2. The maximum Gasteiger partial charge on any atom is 0.174 e. The van der Waals surface area contributed by atoms with Crippen molar-refractivity contribution < 1.29 is 4.79 Å². The highest BCUT2D eigenvalue weighted by Crippen LogP contribution is 2.51. The summed E-state index contributed by atoms with van der Waals surface area (Å²) in [6, 6.07) is 0.389. The Morgan fingerprint density at radius 3 is 2.53 bits per heavy atom. The van der Waals surface area contributed by atoms with Gasteiger partial charge in [-0.25, -0.2) is 0 Å². The van der Waals surface area contributed by atoms with Gasteiger partial charge in [0.05, 0.1) is 15.6 Å². The predicted molar refractivity (Wildman–Crippen MR) is 83.3 cm³/mol. The van der Waals surface area contributed by atoms with E-state index in [0.717, 1.165) is 15.6 Å². The van der Waals surface area contributed by atoms with Crippen LogP contribution >= 0.6 is 11.3 Å². The lowest BCUT2D eigenvalue weighted by molar-refractivity contribution is 0.0993. The van der Waals surface area contributed by atoms with E-state index in [9.17, 15) is 4.79 Å². The molecule has 1 aliphatic rings. The van der Waals surface area contributed by atoms with E-state index >= 15 is 0 Å². The molecule has 0 saturated heterocycles. The molecule has 0 bridgehead atoms. The van der Waals surface area contributed by atoms with Gasteiger partial charge in [-0.15, -0.1) is 11.3 Å². The third kappa shape index (κ3) is 2.94. The number of hydrogen-bond acceptors (Lipinski definition) is 4. The summed E-state index contributed by atoms with van der Waals surface area (Å²) in [5.74, 6) is 1.28. The van der Waals surface area contributed by atoms with E-state index in [1.807, 2.05) is 6.92 Å². The zero-order valence-corrected chi connectivity index (χ0v) is 13.1. The van der Waals surface area contributed by atoms with Crippen molar-refractivity contribution in [2.24, 2.45) is 5.92 Å². The first-order valence-electron chi connectivity index (χ1n) is 7.17. The minimum absolute atomic E-state index is 0.162. The molecule has 0 aliphatic heterocycles. The first-order chi connectivity index (χ1) is 8.95. The highest BCUT2D eigenvalue weighted by molar-refractivity contribution is 7.18. The Morgan fingerprint density at radius 2 is 2.05 bits per heavy atom. The molecule has 1 fully saturated rings. The zero-order chi connectivity index (χ0) is 14.2. The molecule has 0 amide bonds. The quantitative estimate of drug-likeness (QED) is 0.766. The monoisotopic (exact) mass is 280 g/mol. The lowest BCUT2D eigenvalue weighted by Crippen LogP contribution is -2.21. The molecule has 1 atom stereocenters. The summed E-state index contributed by atoms with van der Waals surface area (Å²) in [6.45, 7) is 8.47. The van der Waals surface area contributed by atoms with Crippen molar-refractivity contribution in [1.82, 2.24) is 0 Å². The number of anilines is 2. The Morgan fingerprint density at radius 1 is 1.42 bits per heavy atom. The fourth-order valence-corrected chi connectivity index (χ4v) is 3.40. The number of carbonyl (C=O) groups excluding carboxylic acids is 1. The van der Waals surface area contributed by atoms with Crippen LogP contribution in [0.3, 0.4) is 0 Å². The van der Waals surface area contributed by atoms with Gasteiger partial charge in [0, 0.05) is 18.0 Å². The Kier molecular flexibility index (Phi) is 4.19. The molecule has 0 radical (unpaired) electrons. The molecule has 106 valence electrons. The molecule has 1 aliphatic carbocycles. The van der Waals surface area contributed by atoms with Crippen molar-refractivity contribution in [3.8, 4) is 0 Å². The van der Waals surface area contributed by atoms with E-state index in [0.29, 0.717) is 24.3 Å². The summed E-state index contributed by atoms with van der Waals surface area (Å²) < 4.78 is 0. The minimum Gasteiger partial charge on any atom is -0.397 e. The van der Waals surface area contributed by atoms with E-state index in [-0.39, 0.29) is 5.78 Å². The number of hydrogen-bond donors (Lipinski definition) is 2. The molecule has 3 N–H and O–H groups in total. The van der Waals surface area contributed by atoms with E-state index in [2.05, 4.69) is 26.1 Å². The maximum absolute atomic E-state index is 12.0. The normalized spacial score (nSPS) is 16.7. The number of nitrogens with one attached hydrogen (secondary N) is 1. The molecule has 4 heteroatoms. The molecule has 3 nitrogen and oxygen atoms in total. The highest BCUT2D eigenvalue weighted by atomic mass is 32.1. The average Bonchev–Trinajstić information content (AvgIpc) is 3.14. The van der Waals surface area contributed by atoms with E-state index in [4.69, 9.17) is 5.73 Å². The maximum atomic E-state index is 12.0. The van der Waals surface area contributed by atoms with Crippen molar-refractivity contribution in [2.75, 3.05) is 11.1 Å². The number of thiophene rings is 1. The summed E-state index contributed by atoms with van der Waals surface area (Å²) >= 11 is 1.55. The smallest absolute Gasteiger partial charge is 0.174 e. The van der Waals surface area contributed by atoms with E-state index in [1.54, 1.807) is 11.3 Å². The molecule has 1 saturated carbocycles. The van der Waals surface area contributed by atoms with Crippen molar-refractivity contribution in [2.45, 2.75) is 58.9 Å². The summed E-state index contributed by atoms with van der Waals surface area (Å²) in [5.41, 5.74) is 8.16. The number of carbonyl (C=O) groups is 1. The van der Waals surface area contributed by atoms with Gasteiger partial charge in [0.15, 0.2) is 5.78 Å². The van der Waals surface area contributed by atoms with Crippen molar-refractivity contribution >= 4 is 27.8 Å².